The standard InChI is InChI=1S/C16H10BrN3O/c17-13-4-5-15-14(7-13)16(21)20(10-19-15)9-12-3-1-2-11(6-12)8-18/h1-7,10H,9H2. The van der Waals surface area contributed by atoms with Crippen molar-refractivity contribution in [3.05, 3.63) is 74.7 Å². The summed E-state index contributed by atoms with van der Waals surface area (Å²) < 4.78 is 2.39. The summed E-state index contributed by atoms with van der Waals surface area (Å²) in [6.07, 6.45) is 1.54. The second-order valence-corrected chi connectivity index (χ2v) is 5.57. The molecule has 0 unspecified atom stereocenters. The van der Waals surface area contributed by atoms with Crippen molar-refractivity contribution in [3.63, 3.8) is 0 Å². The van der Waals surface area contributed by atoms with E-state index in [4.69, 9.17) is 5.26 Å². The summed E-state index contributed by atoms with van der Waals surface area (Å²) in [6, 6.07) is 14.7. The molecule has 2 aromatic carbocycles. The Kier molecular flexibility index (Phi) is 3.55. The van der Waals surface area contributed by atoms with Gasteiger partial charge in [0.15, 0.2) is 0 Å². The molecule has 1 aromatic heterocycles. The molecule has 5 heteroatoms. The van der Waals surface area contributed by atoms with Crippen LogP contribution in [0.15, 0.2) is 58.1 Å². The van der Waals surface area contributed by atoms with Gasteiger partial charge in [-0.05, 0) is 35.9 Å². The highest BCUT2D eigenvalue weighted by atomic mass is 79.9. The predicted octanol–water partition coefficient (Wildman–Crippen LogP) is 3.08. The van der Waals surface area contributed by atoms with E-state index in [1.165, 1.54) is 6.33 Å². The SMILES string of the molecule is N#Cc1cccc(Cn2cnc3ccc(Br)cc3c2=O)c1. The minimum atomic E-state index is -0.0938. The highest BCUT2D eigenvalue weighted by molar-refractivity contribution is 9.10. The fourth-order valence-electron chi connectivity index (χ4n) is 2.18. The molecule has 0 spiro atoms. The second-order valence-electron chi connectivity index (χ2n) is 4.65. The summed E-state index contributed by atoms with van der Waals surface area (Å²) in [5.74, 6) is 0. The predicted molar refractivity (Wildman–Crippen MR) is 84.0 cm³/mol. The van der Waals surface area contributed by atoms with E-state index in [0.717, 1.165) is 10.0 Å². The number of nitrogens with zero attached hydrogens (tertiary/aromatic N) is 3. The Hall–Kier alpha value is -2.45. The summed E-state index contributed by atoms with van der Waals surface area (Å²) in [4.78, 5) is 16.8. The van der Waals surface area contributed by atoms with Gasteiger partial charge in [0.1, 0.15) is 0 Å². The van der Waals surface area contributed by atoms with Crippen LogP contribution in [-0.2, 0) is 6.54 Å². The maximum Gasteiger partial charge on any atom is 0.261 e. The zero-order valence-electron chi connectivity index (χ0n) is 11.0. The van der Waals surface area contributed by atoms with Gasteiger partial charge in [-0.15, -0.1) is 0 Å². The zero-order valence-corrected chi connectivity index (χ0v) is 12.5. The van der Waals surface area contributed by atoms with Crippen molar-refractivity contribution >= 4 is 26.8 Å². The van der Waals surface area contributed by atoms with E-state index < -0.39 is 0 Å². The fraction of sp³-hybridized carbons (Fsp3) is 0.0625. The third-order valence-electron chi connectivity index (χ3n) is 3.20. The van der Waals surface area contributed by atoms with Crippen molar-refractivity contribution in [1.29, 1.82) is 5.26 Å². The third-order valence-corrected chi connectivity index (χ3v) is 3.69. The van der Waals surface area contributed by atoms with Crippen LogP contribution in [0.25, 0.3) is 10.9 Å². The lowest BCUT2D eigenvalue weighted by Crippen LogP contribution is -2.21. The van der Waals surface area contributed by atoms with Crippen LogP contribution in [0.5, 0.6) is 0 Å². The van der Waals surface area contributed by atoms with Gasteiger partial charge in [0.25, 0.3) is 5.56 Å². The number of aromatic nitrogens is 2. The molecule has 0 bridgehead atoms. The molecule has 21 heavy (non-hydrogen) atoms. The van der Waals surface area contributed by atoms with Crippen LogP contribution in [0.1, 0.15) is 11.1 Å². The highest BCUT2D eigenvalue weighted by Gasteiger charge is 2.05. The van der Waals surface area contributed by atoms with E-state index in [-0.39, 0.29) is 5.56 Å². The first-order chi connectivity index (χ1) is 10.2. The van der Waals surface area contributed by atoms with Crippen LogP contribution in [0.3, 0.4) is 0 Å². The first kappa shape index (κ1) is 13.5. The Balaban J connectivity index is 2.07. The van der Waals surface area contributed by atoms with E-state index >= 15 is 0 Å². The van der Waals surface area contributed by atoms with Crippen molar-refractivity contribution in [1.82, 2.24) is 9.55 Å². The first-order valence-electron chi connectivity index (χ1n) is 6.31. The van der Waals surface area contributed by atoms with Crippen LogP contribution < -0.4 is 5.56 Å². The maximum absolute atomic E-state index is 12.5. The zero-order chi connectivity index (χ0) is 14.8. The molecule has 0 amide bonds. The normalized spacial score (nSPS) is 10.5. The van der Waals surface area contributed by atoms with Gasteiger partial charge in [0.05, 0.1) is 35.4 Å². The Morgan fingerprint density at radius 1 is 1.24 bits per heavy atom. The van der Waals surface area contributed by atoms with Crippen molar-refractivity contribution < 1.29 is 0 Å². The highest BCUT2D eigenvalue weighted by Crippen LogP contribution is 2.15. The summed E-state index contributed by atoms with van der Waals surface area (Å²) >= 11 is 3.36. The average molecular weight is 340 g/mol. The lowest BCUT2D eigenvalue weighted by Gasteiger charge is -2.07. The monoisotopic (exact) mass is 339 g/mol. The average Bonchev–Trinajstić information content (AvgIpc) is 2.51. The van der Waals surface area contributed by atoms with E-state index in [9.17, 15) is 4.79 Å². The molecule has 0 radical (unpaired) electrons. The molecule has 4 nitrogen and oxygen atoms in total. The number of fused-ring (bicyclic) bond motifs is 1. The maximum atomic E-state index is 12.5. The number of hydrogen-bond acceptors (Lipinski definition) is 3. The number of rotatable bonds is 2. The van der Waals surface area contributed by atoms with Crippen molar-refractivity contribution in [2.24, 2.45) is 0 Å². The van der Waals surface area contributed by atoms with Crippen LogP contribution in [0.2, 0.25) is 0 Å². The molecule has 0 fully saturated rings. The van der Waals surface area contributed by atoms with Gasteiger partial charge < -0.3 is 0 Å². The summed E-state index contributed by atoms with van der Waals surface area (Å²) in [7, 11) is 0. The molecule has 1 heterocycles. The number of halogens is 1. The minimum absolute atomic E-state index is 0.0938. The Bertz CT molecular complexity index is 925. The van der Waals surface area contributed by atoms with Gasteiger partial charge in [-0.1, -0.05) is 28.1 Å². The Morgan fingerprint density at radius 3 is 2.90 bits per heavy atom. The molecule has 0 atom stereocenters. The Morgan fingerprint density at radius 2 is 2.10 bits per heavy atom. The molecule has 0 aliphatic carbocycles. The molecule has 0 N–H and O–H groups in total. The first-order valence-corrected chi connectivity index (χ1v) is 7.10. The number of benzene rings is 2. The molecular formula is C16H10BrN3O. The lowest BCUT2D eigenvalue weighted by atomic mass is 10.1. The molecule has 102 valence electrons. The van der Waals surface area contributed by atoms with Crippen LogP contribution >= 0.6 is 15.9 Å². The van der Waals surface area contributed by atoms with Gasteiger partial charge >= 0.3 is 0 Å². The van der Waals surface area contributed by atoms with Crippen molar-refractivity contribution in [2.75, 3.05) is 0 Å². The molecule has 3 rings (SSSR count). The van der Waals surface area contributed by atoms with Gasteiger partial charge in [-0.25, -0.2) is 4.98 Å². The van der Waals surface area contributed by atoms with E-state index in [2.05, 4.69) is 27.0 Å². The molecule has 0 saturated carbocycles. The Labute approximate surface area is 129 Å². The van der Waals surface area contributed by atoms with Gasteiger partial charge in [-0.3, -0.25) is 9.36 Å². The molecule has 0 saturated heterocycles. The van der Waals surface area contributed by atoms with E-state index in [0.29, 0.717) is 23.0 Å². The molecular weight excluding hydrogens is 330 g/mol. The van der Waals surface area contributed by atoms with Crippen LogP contribution in [0.4, 0.5) is 0 Å². The molecule has 0 aliphatic heterocycles. The number of hydrogen-bond donors (Lipinski definition) is 0. The van der Waals surface area contributed by atoms with E-state index in [1.54, 1.807) is 22.8 Å². The third kappa shape index (κ3) is 2.71. The summed E-state index contributed by atoms with van der Waals surface area (Å²) in [5, 5.41) is 9.49. The second kappa shape index (κ2) is 5.51. The van der Waals surface area contributed by atoms with Crippen LogP contribution in [0, 0.1) is 11.3 Å². The van der Waals surface area contributed by atoms with Crippen molar-refractivity contribution in [2.45, 2.75) is 6.54 Å². The molecule has 3 aromatic rings. The van der Waals surface area contributed by atoms with E-state index in [1.807, 2.05) is 24.3 Å². The van der Waals surface area contributed by atoms with Gasteiger partial charge in [-0.2, -0.15) is 5.26 Å². The largest absolute Gasteiger partial charge is 0.294 e. The summed E-state index contributed by atoms with van der Waals surface area (Å²) in [6.45, 7) is 0.393. The quantitative estimate of drug-likeness (QED) is 0.720. The summed E-state index contributed by atoms with van der Waals surface area (Å²) in [5.41, 5.74) is 2.05. The fourth-order valence-corrected chi connectivity index (χ4v) is 2.54. The van der Waals surface area contributed by atoms with Crippen LogP contribution in [-0.4, -0.2) is 9.55 Å². The van der Waals surface area contributed by atoms with Gasteiger partial charge in [0, 0.05) is 4.47 Å². The minimum Gasteiger partial charge on any atom is -0.294 e. The van der Waals surface area contributed by atoms with Gasteiger partial charge in [0.2, 0.25) is 0 Å². The number of nitriles is 1. The smallest absolute Gasteiger partial charge is 0.261 e. The lowest BCUT2D eigenvalue weighted by molar-refractivity contribution is 0.748. The molecule has 0 aliphatic rings. The topological polar surface area (TPSA) is 58.7 Å². The van der Waals surface area contributed by atoms with Crippen molar-refractivity contribution in [3.8, 4) is 6.07 Å².